The van der Waals surface area contributed by atoms with Crippen LogP contribution in [0.1, 0.15) is 23.9 Å². The average Bonchev–Trinajstić information content (AvgIpc) is 2.92. The van der Waals surface area contributed by atoms with Gasteiger partial charge < -0.3 is 5.32 Å². The minimum atomic E-state index is 0.0427. The topological polar surface area (TPSA) is 57.8 Å². The molecule has 3 rings (SSSR count). The number of aromatic amines is 1. The molecule has 1 atom stereocenters. The quantitative estimate of drug-likeness (QED) is 0.760. The Morgan fingerprint density at radius 2 is 2.00 bits per heavy atom. The van der Waals surface area contributed by atoms with Crippen molar-refractivity contribution >= 4 is 16.7 Å². The fourth-order valence-electron chi connectivity index (χ4n) is 2.89. The van der Waals surface area contributed by atoms with Gasteiger partial charge in [0.25, 0.3) is 0 Å². The zero-order chi connectivity index (χ0) is 16.2. The van der Waals surface area contributed by atoms with E-state index < -0.39 is 0 Å². The maximum absolute atomic E-state index is 12.3. The number of nitrogens with zero attached hydrogens (tertiary/aromatic N) is 1. The summed E-state index contributed by atoms with van der Waals surface area (Å²) in [7, 11) is 0. The van der Waals surface area contributed by atoms with E-state index >= 15 is 0 Å². The van der Waals surface area contributed by atoms with Gasteiger partial charge in [0.1, 0.15) is 0 Å². The molecule has 0 aliphatic heterocycles. The summed E-state index contributed by atoms with van der Waals surface area (Å²) in [6.07, 6.45) is 1.12. The van der Waals surface area contributed by atoms with Gasteiger partial charge in [-0.25, -0.2) is 0 Å². The molecule has 3 aromatic rings. The zero-order valence-electron chi connectivity index (χ0n) is 13.5. The predicted molar refractivity (Wildman–Crippen MR) is 92.3 cm³/mol. The number of aryl methyl sites for hydroxylation is 1. The lowest BCUT2D eigenvalue weighted by Crippen LogP contribution is -2.35. The van der Waals surface area contributed by atoms with Crippen molar-refractivity contribution in [2.45, 2.75) is 32.7 Å². The fraction of sp³-hybridized carbons (Fsp3) is 0.263. The van der Waals surface area contributed by atoms with E-state index in [1.54, 1.807) is 0 Å². The third-order valence-electron chi connectivity index (χ3n) is 3.91. The summed E-state index contributed by atoms with van der Waals surface area (Å²) in [5.74, 6) is 0.0427. The molecule has 4 heteroatoms. The summed E-state index contributed by atoms with van der Waals surface area (Å²) in [4.78, 5) is 12.3. The Hall–Kier alpha value is -2.62. The van der Waals surface area contributed by atoms with Crippen molar-refractivity contribution in [2.75, 3.05) is 0 Å². The number of hydrogen-bond donors (Lipinski definition) is 2. The Kier molecular flexibility index (Phi) is 4.42. The van der Waals surface area contributed by atoms with E-state index in [0.29, 0.717) is 6.42 Å². The van der Waals surface area contributed by atoms with Crippen molar-refractivity contribution < 1.29 is 4.79 Å². The lowest BCUT2D eigenvalue weighted by Gasteiger charge is -2.13. The van der Waals surface area contributed by atoms with Crippen molar-refractivity contribution in [3.63, 3.8) is 0 Å². The number of nitrogens with one attached hydrogen (secondary N) is 2. The van der Waals surface area contributed by atoms with Gasteiger partial charge in [-0.2, -0.15) is 5.10 Å². The highest BCUT2D eigenvalue weighted by atomic mass is 16.1. The van der Waals surface area contributed by atoms with Crippen LogP contribution in [-0.2, 0) is 17.6 Å². The van der Waals surface area contributed by atoms with Gasteiger partial charge in [-0.1, -0.05) is 42.5 Å². The molecule has 0 radical (unpaired) electrons. The summed E-state index contributed by atoms with van der Waals surface area (Å²) >= 11 is 0. The van der Waals surface area contributed by atoms with Gasteiger partial charge in [-0.15, -0.1) is 0 Å². The standard InChI is InChI=1S/C19H21N3O/c1-13(10-17-11-14(2)21-22-17)20-19(23)12-16-8-5-7-15-6-3-4-9-18(15)16/h3-9,11,13H,10,12H2,1-2H3,(H,20,23)(H,21,22)/t13-/m0/s1. The smallest absolute Gasteiger partial charge is 0.224 e. The Labute approximate surface area is 135 Å². The molecule has 2 N–H and O–H groups in total. The molecule has 0 aliphatic rings. The Morgan fingerprint density at radius 3 is 2.78 bits per heavy atom. The van der Waals surface area contributed by atoms with Crippen molar-refractivity contribution in [1.82, 2.24) is 15.5 Å². The number of aromatic nitrogens is 2. The third-order valence-corrected chi connectivity index (χ3v) is 3.91. The molecule has 0 saturated heterocycles. The maximum atomic E-state index is 12.3. The maximum Gasteiger partial charge on any atom is 0.224 e. The minimum Gasteiger partial charge on any atom is -0.353 e. The average molecular weight is 307 g/mol. The van der Waals surface area contributed by atoms with Gasteiger partial charge in [0.05, 0.1) is 12.1 Å². The number of carbonyl (C=O) groups is 1. The molecular formula is C19H21N3O. The lowest BCUT2D eigenvalue weighted by molar-refractivity contribution is -0.121. The third kappa shape index (κ3) is 3.77. The molecule has 0 unspecified atom stereocenters. The monoisotopic (exact) mass is 307 g/mol. The molecule has 0 fully saturated rings. The van der Waals surface area contributed by atoms with E-state index in [4.69, 9.17) is 0 Å². The summed E-state index contributed by atoms with van der Waals surface area (Å²) in [5, 5.41) is 12.5. The first-order valence-electron chi connectivity index (χ1n) is 7.88. The van der Waals surface area contributed by atoms with Gasteiger partial charge in [0.2, 0.25) is 5.91 Å². The number of hydrogen-bond acceptors (Lipinski definition) is 2. The van der Waals surface area contributed by atoms with Crippen molar-refractivity contribution in [1.29, 1.82) is 0 Å². The number of fused-ring (bicyclic) bond motifs is 1. The van der Waals surface area contributed by atoms with Gasteiger partial charge >= 0.3 is 0 Å². The van der Waals surface area contributed by atoms with Gasteiger partial charge in [-0.05, 0) is 36.2 Å². The van der Waals surface area contributed by atoms with Crippen LogP contribution in [0.3, 0.4) is 0 Å². The molecule has 23 heavy (non-hydrogen) atoms. The highest BCUT2D eigenvalue weighted by Gasteiger charge is 2.11. The van der Waals surface area contributed by atoms with E-state index in [1.807, 2.05) is 44.2 Å². The molecule has 1 heterocycles. The number of benzene rings is 2. The molecule has 2 aromatic carbocycles. The van der Waals surface area contributed by atoms with E-state index in [9.17, 15) is 4.79 Å². The van der Waals surface area contributed by atoms with Crippen LogP contribution in [0.25, 0.3) is 10.8 Å². The molecular weight excluding hydrogens is 286 g/mol. The van der Waals surface area contributed by atoms with Crippen LogP contribution in [0.4, 0.5) is 0 Å². The molecule has 1 amide bonds. The second-order valence-electron chi connectivity index (χ2n) is 6.03. The van der Waals surface area contributed by atoms with Crippen molar-refractivity contribution in [2.24, 2.45) is 0 Å². The number of amides is 1. The van der Waals surface area contributed by atoms with E-state index in [2.05, 4.69) is 33.7 Å². The second kappa shape index (κ2) is 6.65. The minimum absolute atomic E-state index is 0.0427. The van der Waals surface area contributed by atoms with Crippen LogP contribution < -0.4 is 5.32 Å². The first-order chi connectivity index (χ1) is 11.1. The van der Waals surface area contributed by atoms with Crippen molar-refractivity contribution in [3.05, 3.63) is 65.5 Å². The highest BCUT2D eigenvalue weighted by Crippen LogP contribution is 2.18. The molecule has 0 saturated carbocycles. The Balaban J connectivity index is 1.64. The van der Waals surface area contributed by atoms with E-state index in [1.165, 1.54) is 0 Å². The van der Waals surface area contributed by atoms with Crippen LogP contribution in [0.15, 0.2) is 48.5 Å². The van der Waals surface area contributed by atoms with Crippen LogP contribution in [0, 0.1) is 6.92 Å². The second-order valence-corrected chi connectivity index (χ2v) is 6.03. The lowest BCUT2D eigenvalue weighted by atomic mass is 10.0. The fourth-order valence-corrected chi connectivity index (χ4v) is 2.89. The zero-order valence-corrected chi connectivity index (χ0v) is 13.5. The molecule has 0 spiro atoms. The SMILES string of the molecule is Cc1cc(C[C@H](C)NC(=O)Cc2cccc3ccccc23)n[nH]1. The Bertz CT molecular complexity index is 817. The van der Waals surface area contributed by atoms with Gasteiger partial charge in [0, 0.05) is 18.2 Å². The van der Waals surface area contributed by atoms with Crippen LogP contribution >= 0.6 is 0 Å². The van der Waals surface area contributed by atoms with Gasteiger partial charge in [-0.3, -0.25) is 9.89 Å². The van der Waals surface area contributed by atoms with Crippen LogP contribution in [0.5, 0.6) is 0 Å². The summed E-state index contributed by atoms with van der Waals surface area (Å²) in [6, 6.07) is 16.3. The van der Waals surface area contributed by atoms with Crippen molar-refractivity contribution in [3.8, 4) is 0 Å². The molecule has 0 aliphatic carbocycles. The van der Waals surface area contributed by atoms with Crippen LogP contribution in [-0.4, -0.2) is 22.1 Å². The highest BCUT2D eigenvalue weighted by molar-refractivity contribution is 5.90. The molecule has 0 bridgehead atoms. The summed E-state index contributed by atoms with van der Waals surface area (Å²) in [6.45, 7) is 3.98. The van der Waals surface area contributed by atoms with E-state index in [-0.39, 0.29) is 11.9 Å². The van der Waals surface area contributed by atoms with Crippen LogP contribution in [0.2, 0.25) is 0 Å². The van der Waals surface area contributed by atoms with E-state index in [0.717, 1.165) is 34.1 Å². The first-order valence-corrected chi connectivity index (χ1v) is 7.88. The normalized spacial score (nSPS) is 12.3. The van der Waals surface area contributed by atoms with Gasteiger partial charge in [0.15, 0.2) is 0 Å². The molecule has 4 nitrogen and oxygen atoms in total. The predicted octanol–water partition coefficient (Wildman–Crippen LogP) is 3.16. The first kappa shape index (κ1) is 15.3. The number of carbonyl (C=O) groups excluding carboxylic acids is 1. The molecule has 118 valence electrons. The summed E-state index contributed by atoms with van der Waals surface area (Å²) in [5.41, 5.74) is 3.07. The Morgan fingerprint density at radius 1 is 1.22 bits per heavy atom. The summed E-state index contributed by atoms with van der Waals surface area (Å²) < 4.78 is 0. The molecule has 1 aromatic heterocycles. The number of H-pyrrole nitrogens is 1. The largest absolute Gasteiger partial charge is 0.353 e. The number of rotatable bonds is 5.